The Morgan fingerprint density at radius 3 is 2.37 bits per heavy atom. The van der Waals surface area contributed by atoms with E-state index in [2.05, 4.69) is 41.4 Å². The number of anilines is 2. The number of aromatic nitrogens is 4. The van der Waals surface area contributed by atoms with Gasteiger partial charge in [-0.3, -0.25) is 34.3 Å². The number of amides is 6. The minimum absolute atomic E-state index is 0.153. The fourth-order valence-electron chi connectivity index (χ4n) is 9.31. The number of unbranched alkanes of at least 4 members (excludes halogenated alkanes) is 3. The van der Waals surface area contributed by atoms with Gasteiger partial charge in [-0.1, -0.05) is 30.7 Å². The number of imide groups is 1. The number of carbonyl (C=O) groups excluding carboxylic acids is 6. The highest BCUT2D eigenvalue weighted by molar-refractivity contribution is 6.07. The monoisotopic (exact) mass is 1030 g/mol. The number of fused-ring (bicyclic) bond motifs is 1. The van der Waals surface area contributed by atoms with Gasteiger partial charge in [0.2, 0.25) is 17.7 Å². The fraction of sp³-hybridized carbons (Fsp3) is 0.436. The van der Waals surface area contributed by atoms with Crippen molar-refractivity contribution in [1.82, 2.24) is 40.6 Å². The standard InChI is InChI=1S/C55H66N10O10/c1-36(57-49(68)39-13-9-14-40(32-39)61-55(22-26-64(27-23-55)53(71)75-54(2,3)4)52-60-48(62-63-52)37-20-24-56-25-21-37)38-12-10-15-41(33-38)74-29-8-6-5-7-28-72-30-31-73-35-47(67)58-44-17-11-16-42-43(44)34-65(51(42)70)45-18-19-46(66)59-50(45)69/h9-17,20-21,24-25,32-33,36,45,61H,5-8,18-19,22-23,26-31,34-35H2,1-4H3,(H,57,68)(H,58,67)(H,59,66,69)(H,60,62,63)/t36-,45?/m1/s1. The molecule has 20 heteroatoms. The maximum atomic E-state index is 13.7. The van der Waals surface area contributed by atoms with Gasteiger partial charge in [-0.15, -0.1) is 10.2 Å². The van der Waals surface area contributed by atoms with Gasteiger partial charge in [0.15, 0.2) is 11.6 Å². The molecule has 3 aliphatic rings. The van der Waals surface area contributed by atoms with E-state index >= 15 is 0 Å². The molecule has 2 atom stereocenters. The van der Waals surface area contributed by atoms with E-state index in [0.29, 0.717) is 85.5 Å². The molecule has 3 aliphatic heterocycles. The van der Waals surface area contributed by atoms with Gasteiger partial charge in [-0.2, -0.15) is 0 Å². The molecule has 20 nitrogen and oxygen atoms in total. The topological polar surface area (TPSA) is 248 Å². The molecule has 6 amide bonds. The van der Waals surface area contributed by atoms with Crippen LogP contribution in [0.15, 0.2) is 91.3 Å². The van der Waals surface area contributed by atoms with Gasteiger partial charge in [-0.25, -0.2) is 4.79 Å². The van der Waals surface area contributed by atoms with Crippen LogP contribution in [0, 0.1) is 0 Å². The van der Waals surface area contributed by atoms with Crippen molar-refractivity contribution in [2.75, 3.05) is 56.8 Å². The number of aromatic amines is 1. The van der Waals surface area contributed by atoms with E-state index in [1.807, 2.05) is 82.3 Å². The van der Waals surface area contributed by atoms with Crippen molar-refractivity contribution in [3.8, 4) is 17.1 Å². The first kappa shape index (κ1) is 53.6. The minimum Gasteiger partial charge on any atom is -0.494 e. The zero-order chi connectivity index (χ0) is 53.0. The summed E-state index contributed by atoms with van der Waals surface area (Å²) in [7, 11) is 0. The highest BCUT2D eigenvalue weighted by Gasteiger charge is 2.42. The number of hydrogen-bond acceptors (Lipinski definition) is 14. The number of ether oxygens (including phenoxy) is 4. The summed E-state index contributed by atoms with van der Waals surface area (Å²) in [5.74, 6) is 0.177. The zero-order valence-corrected chi connectivity index (χ0v) is 42.9. The molecule has 5 aromatic rings. The smallest absolute Gasteiger partial charge is 0.410 e. The average Bonchev–Trinajstić information content (AvgIpc) is 4.03. The van der Waals surface area contributed by atoms with Crippen molar-refractivity contribution in [1.29, 1.82) is 0 Å². The van der Waals surface area contributed by atoms with Crippen molar-refractivity contribution in [2.24, 2.45) is 0 Å². The van der Waals surface area contributed by atoms with Gasteiger partial charge in [0.1, 0.15) is 29.5 Å². The van der Waals surface area contributed by atoms with Crippen LogP contribution in [-0.4, -0.2) is 123 Å². The van der Waals surface area contributed by atoms with Gasteiger partial charge in [-0.05, 0) is 126 Å². The maximum Gasteiger partial charge on any atom is 0.410 e. The highest BCUT2D eigenvalue weighted by atomic mass is 16.6. The number of nitrogens with one attached hydrogen (secondary N) is 5. The Kier molecular flexibility index (Phi) is 17.5. The molecule has 2 aromatic heterocycles. The number of benzene rings is 3. The Hall–Kier alpha value is -7.71. The van der Waals surface area contributed by atoms with Gasteiger partial charge in [0.25, 0.3) is 11.8 Å². The summed E-state index contributed by atoms with van der Waals surface area (Å²) >= 11 is 0. The van der Waals surface area contributed by atoms with E-state index in [9.17, 15) is 28.8 Å². The van der Waals surface area contributed by atoms with Crippen molar-refractivity contribution < 1.29 is 47.7 Å². The third-order valence-electron chi connectivity index (χ3n) is 13.3. The molecule has 0 aliphatic carbocycles. The van der Waals surface area contributed by atoms with E-state index in [1.54, 1.807) is 41.6 Å². The molecule has 5 heterocycles. The van der Waals surface area contributed by atoms with Crippen molar-refractivity contribution in [3.05, 3.63) is 119 Å². The molecule has 0 spiro atoms. The fourth-order valence-corrected chi connectivity index (χ4v) is 9.31. The molecular formula is C55H66N10O10. The largest absolute Gasteiger partial charge is 0.494 e. The van der Waals surface area contributed by atoms with E-state index in [4.69, 9.17) is 18.9 Å². The Bertz CT molecular complexity index is 2830. The van der Waals surface area contributed by atoms with Crippen LogP contribution in [-0.2, 0) is 40.7 Å². The van der Waals surface area contributed by atoms with Gasteiger partial charge >= 0.3 is 6.09 Å². The second kappa shape index (κ2) is 24.5. The van der Waals surface area contributed by atoms with Crippen molar-refractivity contribution in [3.63, 3.8) is 0 Å². The summed E-state index contributed by atoms with van der Waals surface area (Å²) in [6, 6.07) is 22.8. The predicted molar refractivity (Wildman–Crippen MR) is 277 cm³/mol. The summed E-state index contributed by atoms with van der Waals surface area (Å²) in [5, 5.41) is 21.0. The third-order valence-corrected chi connectivity index (χ3v) is 13.3. The third kappa shape index (κ3) is 14.1. The lowest BCUT2D eigenvalue weighted by molar-refractivity contribution is -0.137. The molecule has 0 radical (unpaired) electrons. The van der Waals surface area contributed by atoms with Crippen molar-refractivity contribution in [2.45, 2.75) is 109 Å². The van der Waals surface area contributed by atoms with Crippen LogP contribution < -0.4 is 26.0 Å². The molecule has 2 fully saturated rings. The average molecular weight is 1030 g/mol. The van der Waals surface area contributed by atoms with Crippen LogP contribution in [0.2, 0.25) is 0 Å². The molecule has 0 saturated carbocycles. The Morgan fingerprint density at radius 2 is 1.60 bits per heavy atom. The molecule has 2 saturated heterocycles. The summed E-state index contributed by atoms with van der Waals surface area (Å²) in [6.45, 7) is 9.96. The van der Waals surface area contributed by atoms with E-state index in [1.165, 1.54) is 4.90 Å². The first-order valence-corrected chi connectivity index (χ1v) is 25.6. The predicted octanol–water partition coefficient (Wildman–Crippen LogP) is 7.07. The molecule has 396 valence electrons. The molecule has 8 rings (SSSR count). The quantitative estimate of drug-likeness (QED) is 0.0344. The van der Waals surface area contributed by atoms with Gasteiger partial charge in [0, 0.05) is 78.7 Å². The minimum atomic E-state index is -0.740. The highest BCUT2D eigenvalue weighted by Crippen LogP contribution is 2.37. The SMILES string of the molecule is C[C@@H](NC(=O)c1cccc(NC2(c3nnc(-c4ccncc4)[nH]3)CCN(C(=O)OC(C)(C)C)CC2)c1)c1cccc(OCCCCCCOCCOCC(=O)Nc2cccc3c2CN(C2CCC(=O)NC2=O)C3=O)c1. The lowest BCUT2D eigenvalue weighted by Crippen LogP contribution is -2.52. The van der Waals surface area contributed by atoms with Crippen molar-refractivity contribution >= 4 is 47.0 Å². The summed E-state index contributed by atoms with van der Waals surface area (Å²) < 4.78 is 23.0. The number of carbonyl (C=O) groups is 6. The maximum absolute atomic E-state index is 13.7. The second-order valence-electron chi connectivity index (χ2n) is 20.0. The molecule has 5 N–H and O–H groups in total. The van der Waals surface area contributed by atoms with Crippen LogP contribution in [0.25, 0.3) is 11.4 Å². The number of H-pyrrole nitrogens is 1. The normalized spacial score (nSPS) is 16.7. The summed E-state index contributed by atoms with van der Waals surface area (Å²) in [6.07, 6.45) is 8.10. The van der Waals surface area contributed by atoms with Crippen LogP contribution in [0.5, 0.6) is 5.75 Å². The van der Waals surface area contributed by atoms with Crippen LogP contribution in [0.3, 0.4) is 0 Å². The lowest BCUT2D eigenvalue weighted by Gasteiger charge is -2.41. The number of rotatable bonds is 22. The molecule has 0 bridgehead atoms. The van der Waals surface area contributed by atoms with E-state index < -0.39 is 23.1 Å². The number of likely N-dealkylation sites (tertiary alicyclic amines) is 1. The Balaban J connectivity index is 0.724. The second-order valence-corrected chi connectivity index (χ2v) is 20.0. The number of piperidine rings is 2. The Morgan fingerprint density at radius 1 is 0.853 bits per heavy atom. The molecule has 1 unspecified atom stereocenters. The molecular weight excluding hydrogens is 961 g/mol. The lowest BCUT2D eigenvalue weighted by atomic mass is 9.86. The summed E-state index contributed by atoms with van der Waals surface area (Å²) in [5.41, 5.74) is 3.10. The molecule has 3 aromatic carbocycles. The first-order valence-electron chi connectivity index (χ1n) is 25.6. The number of nitrogens with zero attached hydrogens (tertiary/aromatic N) is 5. The summed E-state index contributed by atoms with van der Waals surface area (Å²) in [4.78, 5) is 87.2. The number of pyridine rings is 1. The van der Waals surface area contributed by atoms with Gasteiger partial charge < -0.3 is 49.7 Å². The van der Waals surface area contributed by atoms with Crippen LogP contribution in [0.1, 0.15) is 123 Å². The van der Waals surface area contributed by atoms with E-state index in [0.717, 1.165) is 42.6 Å². The number of hydrogen-bond donors (Lipinski definition) is 5. The van der Waals surface area contributed by atoms with Crippen LogP contribution >= 0.6 is 0 Å². The van der Waals surface area contributed by atoms with E-state index in [-0.39, 0.29) is 68.4 Å². The Labute approximate surface area is 436 Å². The van der Waals surface area contributed by atoms with Crippen LogP contribution in [0.4, 0.5) is 16.2 Å². The van der Waals surface area contributed by atoms with Gasteiger partial charge in [0.05, 0.1) is 25.9 Å². The molecule has 75 heavy (non-hydrogen) atoms. The first-order chi connectivity index (χ1) is 36.1. The zero-order valence-electron chi connectivity index (χ0n) is 42.9.